The first kappa shape index (κ1) is 17.4. The number of hydrogen-bond acceptors (Lipinski definition) is 5. The third kappa shape index (κ3) is 4.78. The van der Waals surface area contributed by atoms with Gasteiger partial charge in [-0.05, 0) is 36.6 Å². The number of nitriles is 1. The molecule has 2 rings (SSSR count). The van der Waals surface area contributed by atoms with Gasteiger partial charge >= 0.3 is 0 Å². The van der Waals surface area contributed by atoms with Crippen molar-refractivity contribution in [3.63, 3.8) is 0 Å². The Bertz CT molecular complexity index is 778. The first-order chi connectivity index (χ1) is 11.6. The number of H-pyrrole nitrogens is 1. The Labute approximate surface area is 141 Å². The number of hydrogen-bond donors (Lipinski definition) is 2. The Morgan fingerprint density at radius 2 is 2.12 bits per heavy atom. The molecule has 6 heteroatoms. The minimum Gasteiger partial charge on any atom is -0.493 e. The zero-order chi connectivity index (χ0) is 17.4. The molecule has 0 unspecified atom stereocenters. The molecule has 0 spiro atoms. The molecule has 24 heavy (non-hydrogen) atoms. The summed E-state index contributed by atoms with van der Waals surface area (Å²) in [4.78, 5) is 13.9. The fourth-order valence-electron chi connectivity index (χ4n) is 2.24. The molecular formula is C18H21N3O3. The van der Waals surface area contributed by atoms with Crippen LogP contribution in [-0.2, 0) is 6.54 Å². The van der Waals surface area contributed by atoms with Crippen LogP contribution in [0, 0.1) is 18.3 Å². The number of aromatic amines is 1. The number of benzene rings is 1. The number of methoxy groups -OCH3 is 1. The van der Waals surface area contributed by atoms with E-state index in [1.807, 2.05) is 25.1 Å². The van der Waals surface area contributed by atoms with E-state index in [2.05, 4.69) is 16.4 Å². The highest BCUT2D eigenvalue weighted by molar-refractivity contribution is 5.49. The lowest BCUT2D eigenvalue weighted by Gasteiger charge is -2.13. The molecular weight excluding hydrogens is 306 g/mol. The molecule has 0 saturated heterocycles. The smallest absolute Gasteiger partial charge is 0.248 e. The lowest BCUT2D eigenvalue weighted by molar-refractivity contribution is 0.290. The van der Waals surface area contributed by atoms with E-state index < -0.39 is 0 Å². The largest absolute Gasteiger partial charge is 0.493 e. The molecule has 0 saturated carbocycles. The van der Waals surface area contributed by atoms with E-state index in [4.69, 9.17) is 14.7 Å². The quantitative estimate of drug-likeness (QED) is 0.728. The number of pyridine rings is 1. The molecule has 0 atom stereocenters. The molecule has 0 aliphatic carbocycles. The second kappa shape index (κ2) is 8.63. The van der Waals surface area contributed by atoms with Crippen LogP contribution in [0.3, 0.4) is 0 Å². The molecule has 1 heterocycles. The third-order valence-electron chi connectivity index (χ3n) is 3.53. The summed E-state index contributed by atoms with van der Waals surface area (Å²) >= 11 is 0. The Balaban J connectivity index is 2.04. The molecule has 126 valence electrons. The van der Waals surface area contributed by atoms with Gasteiger partial charge < -0.3 is 19.8 Å². The van der Waals surface area contributed by atoms with Gasteiger partial charge in [-0.15, -0.1) is 0 Å². The predicted molar refractivity (Wildman–Crippen MR) is 92.5 cm³/mol. The van der Waals surface area contributed by atoms with Crippen LogP contribution in [-0.4, -0.2) is 18.7 Å². The highest BCUT2D eigenvalue weighted by Gasteiger charge is 2.07. The maximum atomic E-state index is 11.2. The number of aromatic nitrogens is 1. The zero-order valence-electron chi connectivity index (χ0n) is 13.9. The second-order valence-electron chi connectivity index (χ2n) is 5.34. The summed E-state index contributed by atoms with van der Waals surface area (Å²) in [6.45, 7) is 2.95. The molecule has 2 aromatic rings. The van der Waals surface area contributed by atoms with E-state index in [1.165, 1.54) is 0 Å². The van der Waals surface area contributed by atoms with Gasteiger partial charge in [-0.25, -0.2) is 0 Å². The Hall–Kier alpha value is -2.94. The van der Waals surface area contributed by atoms with Gasteiger partial charge in [0.1, 0.15) is 0 Å². The van der Waals surface area contributed by atoms with Crippen molar-refractivity contribution in [1.82, 2.24) is 4.98 Å². The molecule has 0 aliphatic heterocycles. The summed E-state index contributed by atoms with van der Waals surface area (Å²) in [5, 5.41) is 11.9. The van der Waals surface area contributed by atoms with Crippen molar-refractivity contribution in [1.29, 1.82) is 5.26 Å². The fraction of sp³-hybridized carbons (Fsp3) is 0.333. The van der Waals surface area contributed by atoms with Crippen LogP contribution in [0.15, 0.2) is 35.3 Å². The molecule has 0 aliphatic rings. The summed E-state index contributed by atoms with van der Waals surface area (Å²) in [7, 11) is 1.60. The van der Waals surface area contributed by atoms with E-state index in [0.29, 0.717) is 37.5 Å². The minimum atomic E-state index is -0.115. The molecule has 0 radical (unpaired) electrons. The lowest BCUT2D eigenvalue weighted by atomic mass is 10.2. The Kier molecular flexibility index (Phi) is 6.26. The van der Waals surface area contributed by atoms with Crippen LogP contribution in [0.4, 0.5) is 5.69 Å². The first-order valence-corrected chi connectivity index (χ1v) is 7.74. The van der Waals surface area contributed by atoms with Crippen molar-refractivity contribution in [2.24, 2.45) is 0 Å². The highest BCUT2D eigenvalue weighted by Crippen LogP contribution is 2.28. The molecule has 0 bridgehead atoms. The number of nitrogens with one attached hydrogen (secondary N) is 2. The number of nitrogens with zero attached hydrogens (tertiary/aromatic N) is 1. The summed E-state index contributed by atoms with van der Waals surface area (Å²) in [6.07, 6.45) is 2.81. The Morgan fingerprint density at radius 1 is 1.29 bits per heavy atom. The van der Waals surface area contributed by atoms with Gasteiger partial charge in [0.25, 0.3) is 0 Å². The fourth-order valence-corrected chi connectivity index (χ4v) is 2.24. The van der Waals surface area contributed by atoms with E-state index in [1.54, 1.807) is 19.4 Å². The topological polar surface area (TPSA) is 87.1 Å². The second-order valence-corrected chi connectivity index (χ2v) is 5.34. The van der Waals surface area contributed by atoms with Crippen LogP contribution in [0.25, 0.3) is 0 Å². The lowest BCUT2D eigenvalue weighted by Crippen LogP contribution is -2.08. The minimum absolute atomic E-state index is 0.115. The molecule has 1 aromatic carbocycles. The van der Waals surface area contributed by atoms with Crippen molar-refractivity contribution in [3.8, 4) is 17.6 Å². The van der Waals surface area contributed by atoms with E-state index in [9.17, 15) is 4.79 Å². The van der Waals surface area contributed by atoms with Crippen LogP contribution in [0.2, 0.25) is 0 Å². The number of unbranched alkanes of at least 4 members (excludes halogenated alkanes) is 1. The van der Waals surface area contributed by atoms with E-state index in [0.717, 1.165) is 16.8 Å². The van der Waals surface area contributed by atoms with E-state index >= 15 is 0 Å². The van der Waals surface area contributed by atoms with Gasteiger partial charge in [0.05, 0.1) is 25.5 Å². The monoisotopic (exact) mass is 327 g/mol. The molecule has 6 nitrogen and oxygen atoms in total. The SMILES string of the molecule is COc1ccc(CNc2c[nH]c(=O)cc2C)cc1OCCCC#N. The van der Waals surface area contributed by atoms with Crippen molar-refractivity contribution in [3.05, 3.63) is 51.9 Å². The van der Waals surface area contributed by atoms with Crippen molar-refractivity contribution >= 4 is 5.69 Å². The van der Waals surface area contributed by atoms with Gasteiger partial charge in [-0.2, -0.15) is 5.26 Å². The van der Waals surface area contributed by atoms with Gasteiger partial charge in [0.15, 0.2) is 11.5 Å². The average Bonchev–Trinajstić information content (AvgIpc) is 2.58. The Morgan fingerprint density at radius 3 is 2.83 bits per heavy atom. The number of anilines is 1. The molecule has 0 amide bonds. The van der Waals surface area contributed by atoms with Gasteiger partial charge in [-0.1, -0.05) is 6.07 Å². The standard InChI is InChI=1S/C18H21N3O3/c1-13-9-18(22)21-12-15(13)20-11-14-5-6-16(23-2)17(10-14)24-8-4-3-7-19/h5-6,9-10,12,20H,3-4,8,11H2,1-2H3,(H,21,22). The molecule has 2 N–H and O–H groups in total. The number of aryl methyl sites for hydroxylation is 1. The maximum Gasteiger partial charge on any atom is 0.248 e. The van der Waals surface area contributed by atoms with Crippen LogP contribution < -0.4 is 20.3 Å². The normalized spacial score (nSPS) is 10.0. The van der Waals surface area contributed by atoms with Gasteiger partial charge in [-0.3, -0.25) is 4.79 Å². The first-order valence-electron chi connectivity index (χ1n) is 7.74. The summed E-state index contributed by atoms with van der Waals surface area (Å²) < 4.78 is 11.0. The van der Waals surface area contributed by atoms with Gasteiger partial charge in [0, 0.05) is 25.2 Å². The predicted octanol–water partition coefficient (Wildman–Crippen LogP) is 2.99. The number of rotatable bonds is 8. The summed E-state index contributed by atoms with van der Waals surface area (Å²) in [5.41, 5.74) is 2.68. The van der Waals surface area contributed by atoms with Crippen molar-refractivity contribution in [2.45, 2.75) is 26.3 Å². The van der Waals surface area contributed by atoms with Crippen LogP contribution in [0.5, 0.6) is 11.5 Å². The highest BCUT2D eigenvalue weighted by atomic mass is 16.5. The van der Waals surface area contributed by atoms with Crippen LogP contribution >= 0.6 is 0 Å². The van der Waals surface area contributed by atoms with Crippen LogP contribution in [0.1, 0.15) is 24.0 Å². The zero-order valence-corrected chi connectivity index (χ0v) is 13.9. The van der Waals surface area contributed by atoms with E-state index in [-0.39, 0.29) is 5.56 Å². The summed E-state index contributed by atoms with van der Waals surface area (Å²) in [5.74, 6) is 1.32. The van der Waals surface area contributed by atoms with Crippen molar-refractivity contribution in [2.75, 3.05) is 19.0 Å². The molecule has 1 aromatic heterocycles. The summed E-state index contributed by atoms with van der Waals surface area (Å²) in [6, 6.07) is 9.38. The average molecular weight is 327 g/mol. The number of ether oxygens (including phenoxy) is 2. The van der Waals surface area contributed by atoms with Gasteiger partial charge in [0.2, 0.25) is 5.56 Å². The van der Waals surface area contributed by atoms with Crippen molar-refractivity contribution < 1.29 is 9.47 Å². The maximum absolute atomic E-state index is 11.2. The third-order valence-corrected chi connectivity index (χ3v) is 3.53. The molecule has 0 fully saturated rings.